The Hall–Kier alpha value is -5.98. The highest BCUT2D eigenvalue weighted by atomic mass is 35.5. The molecule has 0 aromatic heterocycles. The van der Waals surface area contributed by atoms with Gasteiger partial charge in [0.05, 0.1) is 0 Å². The number of fused-ring (bicyclic) bond motifs is 5. The van der Waals surface area contributed by atoms with Crippen LogP contribution in [0.25, 0.3) is 32.3 Å². The molecule has 0 heterocycles. The van der Waals surface area contributed by atoms with Gasteiger partial charge in [-0.25, -0.2) is 4.79 Å². The van der Waals surface area contributed by atoms with E-state index < -0.39 is 11.3 Å². The zero-order chi connectivity index (χ0) is 41.6. The largest absolute Gasteiger partial charge is 0.444 e. The van der Waals surface area contributed by atoms with Crippen LogP contribution in [0.3, 0.4) is 0 Å². The van der Waals surface area contributed by atoms with Crippen molar-refractivity contribution in [3.05, 3.63) is 164 Å². The fraction of sp³-hybridized carbons (Fsp3) is 0.250. The van der Waals surface area contributed by atoms with Crippen LogP contribution in [0.15, 0.2) is 103 Å². The number of halogens is 1. The van der Waals surface area contributed by atoms with E-state index in [0.29, 0.717) is 11.1 Å². The van der Waals surface area contributed by atoms with Crippen LogP contribution in [-0.4, -0.2) is 17.2 Å². The molecule has 0 spiro atoms. The Bertz CT molecular complexity index is 2790. The predicted molar refractivity (Wildman–Crippen MR) is 243 cm³/mol. The Balaban J connectivity index is 1.14. The third-order valence-electron chi connectivity index (χ3n) is 12.5. The third kappa shape index (κ3) is 7.36. The zero-order valence-electron chi connectivity index (χ0n) is 34.6. The quantitative estimate of drug-likeness (QED) is 0.118. The molecular weight excluding hydrogens is 752 g/mol. The van der Waals surface area contributed by atoms with Crippen molar-refractivity contribution in [1.29, 1.82) is 0 Å². The molecule has 6 nitrogen and oxygen atoms in total. The maximum atomic E-state index is 14.6. The Morgan fingerprint density at radius 3 is 1.63 bits per heavy atom. The Morgan fingerprint density at radius 1 is 0.576 bits per heavy atom. The van der Waals surface area contributed by atoms with Gasteiger partial charge in [-0.15, -0.1) is 0 Å². The molecule has 1 fully saturated rings. The number of amides is 2. The number of carbonyl (C=O) groups is 3. The molecule has 0 unspecified atom stereocenters. The fourth-order valence-corrected chi connectivity index (χ4v) is 9.84. The maximum Gasteiger partial charge on any atom is 0.411 e. The molecule has 2 amide bonds. The second kappa shape index (κ2) is 16.0. The molecular formula is C52H49ClN2O4. The van der Waals surface area contributed by atoms with E-state index in [1.165, 1.54) is 17.5 Å². The van der Waals surface area contributed by atoms with Crippen molar-refractivity contribution in [3.8, 4) is 0 Å². The smallest absolute Gasteiger partial charge is 0.411 e. The van der Waals surface area contributed by atoms with E-state index in [0.717, 1.165) is 108 Å². The lowest BCUT2D eigenvalue weighted by Crippen LogP contribution is -2.31. The van der Waals surface area contributed by atoms with Crippen LogP contribution >= 0.6 is 11.6 Å². The number of anilines is 2. The summed E-state index contributed by atoms with van der Waals surface area (Å²) in [6, 6.07) is 34.4. The lowest BCUT2D eigenvalue weighted by molar-refractivity contribution is 0.102. The van der Waals surface area contributed by atoms with Crippen LogP contribution in [-0.2, 0) is 16.8 Å². The van der Waals surface area contributed by atoms with Crippen LogP contribution < -0.4 is 10.6 Å². The first kappa shape index (κ1) is 39.8. The third-order valence-corrected chi connectivity index (χ3v) is 12.7. The normalized spacial score (nSPS) is 13.7. The second-order valence-corrected chi connectivity index (χ2v) is 16.8. The summed E-state index contributed by atoms with van der Waals surface area (Å²) in [6.45, 7) is 12.6. The highest BCUT2D eigenvalue weighted by Crippen LogP contribution is 2.48. The summed E-state index contributed by atoms with van der Waals surface area (Å²) in [5, 5.41) is 11.2. The minimum Gasteiger partial charge on any atom is -0.444 e. The SMILES string of the molecule is Cc1cc(C2(c3cc(C)c(NC(=O)c4cc5cc(C(=O)Cl)c6cccc(C)c6c5c5c(C)cccc45)c(C)c3)CCCCC2)cc(C)c1NC(=O)OCc1ccccc1. The fourth-order valence-electron chi connectivity index (χ4n) is 9.68. The molecule has 1 aliphatic rings. The van der Waals surface area contributed by atoms with Crippen molar-refractivity contribution in [1.82, 2.24) is 0 Å². The van der Waals surface area contributed by atoms with Gasteiger partial charge in [-0.05, 0) is 161 Å². The number of hydrogen-bond acceptors (Lipinski definition) is 4. The number of carbonyl (C=O) groups excluding carboxylic acids is 3. The highest BCUT2D eigenvalue weighted by molar-refractivity contribution is 6.69. The van der Waals surface area contributed by atoms with E-state index in [9.17, 15) is 14.4 Å². The lowest BCUT2D eigenvalue weighted by atomic mass is 9.64. The molecule has 298 valence electrons. The monoisotopic (exact) mass is 800 g/mol. The van der Waals surface area contributed by atoms with Crippen molar-refractivity contribution in [2.24, 2.45) is 0 Å². The van der Waals surface area contributed by atoms with Crippen LogP contribution in [0.4, 0.5) is 16.2 Å². The van der Waals surface area contributed by atoms with E-state index in [4.69, 9.17) is 16.3 Å². The van der Waals surface area contributed by atoms with Gasteiger partial charge in [-0.3, -0.25) is 14.9 Å². The van der Waals surface area contributed by atoms with Crippen molar-refractivity contribution in [2.45, 2.75) is 85.7 Å². The topological polar surface area (TPSA) is 84.5 Å². The number of nitrogens with one attached hydrogen (secondary N) is 2. The summed E-state index contributed by atoms with van der Waals surface area (Å²) in [5.41, 5.74) is 11.7. The average Bonchev–Trinajstić information content (AvgIpc) is 3.22. The molecule has 8 rings (SSSR count). The van der Waals surface area contributed by atoms with Gasteiger partial charge in [0.1, 0.15) is 6.61 Å². The molecule has 0 radical (unpaired) electrons. The first-order valence-electron chi connectivity index (χ1n) is 20.5. The number of ether oxygens (including phenoxy) is 1. The Kier molecular flexibility index (Phi) is 10.8. The molecule has 0 atom stereocenters. The van der Waals surface area contributed by atoms with Crippen molar-refractivity contribution < 1.29 is 19.1 Å². The lowest BCUT2D eigenvalue weighted by Gasteiger charge is -2.40. The van der Waals surface area contributed by atoms with Crippen molar-refractivity contribution in [2.75, 3.05) is 10.6 Å². The minimum absolute atomic E-state index is 0.203. The van der Waals surface area contributed by atoms with Crippen molar-refractivity contribution in [3.63, 3.8) is 0 Å². The van der Waals surface area contributed by atoms with E-state index in [1.807, 2.05) is 93.6 Å². The van der Waals surface area contributed by atoms with Crippen LogP contribution in [0, 0.1) is 41.5 Å². The van der Waals surface area contributed by atoms with E-state index in [-0.39, 0.29) is 17.9 Å². The summed E-state index contributed by atoms with van der Waals surface area (Å²) < 4.78 is 5.55. The van der Waals surface area contributed by atoms with Crippen molar-refractivity contribution >= 4 is 72.5 Å². The second-order valence-electron chi connectivity index (χ2n) is 16.5. The number of benzene rings is 7. The number of aryl methyl sites for hydroxylation is 6. The molecule has 7 aromatic rings. The maximum absolute atomic E-state index is 14.6. The molecule has 1 saturated carbocycles. The van der Waals surface area contributed by atoms with Crippen LogP contribution in [0.1, 0.15) is 103 Å². The Labute approximate surface area is 350 Å². The van der Waals surface area contributed by atoms with E-state index in [2.05, 4.69) is 61.7 Å². The van der Waals surface area contributed by atoms with E-state index in [1.54, 1.807) is 0 Å². The van der Waals surface area contributed by atoms with Gasteiger partial charge in [-0.1, -0.05) is 110 Å². The molecule has 0 bridgehead atoms. The van der Waals surface area contributed by atoms with Gasteiger partial charge in [0, 0.05) is 27.9 Å². The van der Waals surface area contributed by atoms with Crippen LogP contribution in [0.2, 0.25) is 0 Å². The summed E-state index contributed by atoms with van der Waals surface area (Å²) in [4.78, 5) is 40.2. The standard InChI is InChI=1S/C52H49ClN2O4/c1-30-15-13-19-40-42(49(53)56)27-37-28-43(41-20-14-16-31(2)45(41)46(37)44(30)40)50(57)54-47-32(3)23-38(24-33(47)4)52(21-11-8-12-22-52)39-25-34(5)48(35(6)26-39)55-51(58)59-29-36-17-9-7-10-18-36/h7,9-10,13-20,23-28H,8,11-12,21-22,29H2,1-6H3,(H,54,57)(H,55,58). The summed E-state index contributed by atoms with van der Waals surface area (Å²) >= 11 is 6.18. The molecule has 59 heavy (non-hydrogen) atoms. The minimum atomic E-state index is -0.530. The van der Waals surface area contributed by atoms with Gasteiger partial charge in [0.2, 0.25) is 0 Å². The predicted octanol–water partition coefficient (Wildman–Crippen LogP) is 13.6. The van der Waals surface area contributed by atoms with Gasteiger partial charge in [-0.2, -0.15) is 0 Å². The summed E-state index contributed by atoms with van der Waals surface area (Å²) in [6.07, 6.45) is 4.95. The first-order valence-corrected chi connectivity index (χ1v) is 20.8. The first-order chi connectivity index (χ1) is 28.4. The highest BCUT2D eigenvalue weighted by Gasteiger charge is 2.37. The zero-order valence-corrected chi connectivity index (χ0v) is 35.3. The molecule has 1 aliphatic carbocycles. The molecule has 7 heteroatoms. The summed E-state index contributed by atoms with van der Waals surface area (Å²) in [5.74, 6) is -0.214. The van der Waals surface area contributed by atoms with Gasteiger partial charge < -0.3 is 10.1 Å². The summed E-state index contributed by atoms with van der Waals surface area (Å²) in [7, 11) is 0. The van der Waals surface area contributed by atoms with Gasteiger partial charge >= 0.3 is 6.09 Å². The Morgan fingerprint density at radius 2 is 1.08 bits per heavy atom. The average molecular weight is 801 g/mol. The van der Waals surface area contributed by atoms with Crippen LogP contribution in [0.5, 0.6) is 0 Å². The van der Waals surface area contributed by atoms with Gasteiger partial charge in [0.25, 0.3) is 11.1 Å². The molecule has 7 aromatic carbocycles. The molecule has 0 saturated heterocycles. The molecule has 0 aliphatic heterocycles. The van der Waals surface area contributed by atoms with E-state index >= 15 is 0 Å². The van der Waals surface area contributed by atoms with Gasteiger partial charge in [0.15, 0.2) is 0 Å². The molecule has 2 N–H and O–H groups in total. The number of rotatable bonds is 8. The number of hydrogen-bond donors (Lipinski definition) is 2.